The Bertz CT molecular complexity index is 332. The van der Waals surface area contributed by atoms with Gasteiger partial charge in [-0.25, -0.2) is 0 Å². The van der Waals surface area contributed by atoms with Crippen LogP contribution >= 0.6 is 15.9 Å². The Morgan fingerprint density at radius 3 is 3.33 bits per heavy atom. The molecule has 2 heterocycles. The maximum atomic E-state index is 5.64. The van der Waals surface area contributed by atoms with Gasteiger partial charge in [0.25, 0.3) is 0 Å². The number of furan rings is 1. The summed E-state index contributed by atoms with van der Waals surface area (Å²) in [5, 5.41) is 3.49. The van der Waals surface area contributed by atoms with Gasteiger partial charge in [-0.2, -0.15) is 0 Å². The molecule has 3 heteroatoms. The van der Waals surface area contributed by atoms with E-state index in [1.54, 1.807) is 0 Å². The van der Waals surface area contributed by atoms with Crippen molar-refractivity contribution in [3.05, 3.63) is 21.6 Å². The van der Waals surface area contributed by atoms with Crippen molar-refractivity contribution in [2.24, 2.45) is 0 Å². The molecular weight excluding hydrogens is 218 g/mol. The Labute approximate surface area is 79.5 Å². The summed E-state index contributed by atoms with van der Waals surface area (Å²) in [5.74, 6) is 1.21. The first-order chi connectivity index (χ1) is 5.86. The zero-order valence-corrected chi connectivity index (χ0v) is 8.28. The van der Waals surface area contributed by atoms with Gasteiger partial charge in [-0.05, 0) is 28.8 Å². The predicted molar refractivity (Wildman–Crippen MR) is 48.9 cm³/mol. The smallest absolute Gasteiger partial charge is 0.174 e. The molecule has 3 rings (SSSR count). The molecule has 0 radical (unpaired) electrons. The second-order valence-electron chi connectivity index (χ2n) is 3.52. The Kier molecular flexibility index (Phi) is 1.41. The average molecular weight is 228 g/mol. The van der Waals surface area contributed by atoms with E-state index >= 15 is 0 Å². The van der Waals surface area contributed by atoms with E-state index in [1.165, 1.54) is 29.7 Å². The number of aryl methyl sites for hydroxylation is 1. The van der Waals surface area contributed by atoms with Crippen LogP contribution in [0.15, 0.2) is 9.09 Å². The van der Waals surface area contributed by atoms with E-state index < -0.39 is 0 Å². The summed E-state index contributed by atoms with van der Waals surface area (Å²) in [5.41, 5.74) is 2.81. The average Bonchev–Trinajstić information content (AvgIpc) is 2.60. The number of halogens is 1. The Balaban J connectivity index is 2.24. The van der Waals surface area contributed by atoms with Crippen LogP contribution in [0.3, 0.4) is 0 Å². The van der Waals surface area contributed by atoms with Crippen LogP contribution in [0.2, 0.25) is 0 Å². The van der Waals surface area contributed by atoms with E-state index in [1.807, 2.05) is 0 Å². The summed E-state index contributed by atoms with van der Waals surface area (Å²) in [6.07, 6.45) is 3.64. The molecule has 0 fully saturated rings. The van der Waals surface area contributed by atoms with Crippen molar-refractivity contribution in [3.63, 3.8) is 0 Å². The lowest BCUT2D eigenvalue weighted by Gasteiger charge is -2.17. The highest BCUT2D eigenvalue weighted by molar-refractivity contribution is 9.10. The molecule has 2 nitrogen and oxygen atoms in total. The second-order valence-corrected chi connectivity index (χ2v) is 4.24. The number of rotatable bonds is 0. The highest BCUT2D eigenvalue weighted by Crippen LogP contribution is 2.42. The van der Waals surface area contributed by atoms with Crippen LogP contribution in [0, 0.1) is 0 Å². The van der Waals surface area contributed by atoms with Crippen LogP contribution < -0.4 is 5.32 Å². The first kappa shape index (κ1) is 7.15. The zero-order chi connectivity index (χ0) is 8.13. The van der Waals surface area contributed by atoms with Crippen LogP contribution in [0.25, 0.3) is 0 Å². The first-order valence-electron chi connectivity index (χ1n) is 4.39. The van der Waals surface area contributed by atoms with Gasteiger partial charge in [-0.15, -0.1) is 0 Å². The quantitative estimate of drug-likeness (QED) is 0.738. The van der Waals surface area contributed by atoms with Gasteiger partial charge in [0.1, 0.15) is 5.76 Å². The predicted octanol–water partition coefficient (Wildman–Crippen LogP) is 2.52. The molecule has 1 N–H and O–H groups in total. The summed E-state index contributed by atoms with van der Waals surface area (Å²) in [4.78, 5) is 0. The standard InChI is InChI=1S/C9H10BrNO/c10-9-5-4-11-6-2-1-3-7(12-9)8(5)6/h6,11H,1-4H2. The lowest BCUT2D eigenvalue weighted by atomic mass is 9.94. The topological polar surface area (TPSA) is 25.2 Å². The maximum absolute atomic E-state index is 5.64. The molecule has 1 unspecified atom stereocenters. The van der Waals surface area contributed by atoms with Gasteiger partial charge in [0.05, 0.1) is 0 Å². The van der Waals surface area contributed by atoms with Crippen LogP contribution in [0.5, 0.6) is 0 Å². The molecule has 2 aliphatic rings. The number of hydrogen-bond donors (Lipinski definition) is 1. The fourth-order valence-electron chi connectivity index (χ4n) is 2.29. The minimum absolute atomic E-state index is 0.582. The third kappa shape index (κ3) is 0.783. The Hall–Kier alpha value is -0.280. The zero-order valence-electron chi connectivity index (χ0n) is 6.69. The molecule has 0 spiro atoms. The molecule has 1 aliphatic carbocycles. The van der Waals surface area contributed by atoms with Crippen molar-refractivity contribution in [2.75, 3.05) is 0 Å². The van der Waals surface area contributed by atoms with Crippen molar-refractivity contribution in [3.8, 4) is 0 Å². The van der Waals surface area contributed by atoms with Crippen LogP contribution in [-0.2, 0) is 13.0 Å². The SMILES string of the molecule is Brc1oc2c3c1CNC3CCC2. The Morgan fingerprint density at radius 1 is 1.50 bits per heavy atom. The number of nitrogens with one attached hydrogen (secondary N) is 1. The van der Waals surface area contributed by atoms with E-state index in [9.17, 15) is 0 Å². The van der Waals surface area contributed by atoms with E-state index in [0.29, 0.717) is 6.04 Å². The van der Waals surface area contributed by atoms with Crippen LogP contribution in [0.4, 0.5) is 0 Å². The Morgan fingerprint density at radius 2 is 2.42 bits per heavy atom. The number of hydrogen-bond acceptors (Lipinski definition) is 2. The fourth-order valence-corrected chi connectivity index (χ4v) is 2.84. The summed E-state index contributed by atoms with van der Waals surface area (Å²) in [6.45, 7) is 0.976. The third-order valence-electron chi connectivity index (χ3n) is 2.85. The minimum atomic E-state index is 0.582. The van der Waals surface area contributed by atoms with Crippen LogP contribution in [-0.4, -0.2) is 0 Å². The third-order valence-corrected chi connectivity index (χ3v) is 3.49. The molecule has 0 aromatic carbocycles. The molecule has 1 aliphatic heterocycles. The molecule has 1 atom stereocenters. The summed E-state index contributed by atoms with van der Waals surface area (Å²) >= 11 is 3.46. The molecule has 64 valence electrons. The van der Waals surface area contributed by atoms with Crippen molar-refractivity contribution in [2.45, 2.75) is 31.8 Å². The van der Waals surface area contributed by atoms with Gasteiger partial charge in [-0.1, -0.05) is 0 Å². The van der Waals surface area contributed by atoms with Crippen molar-refractivity contribution in [1.82, 2.24) is 5.32 Å². The van der Waals surface area contributed by atoms with Crippen molar-refractivity contribution in [1.29, 1.82) is 0 Å². The van der Waals surface area contributed by atoms with Crippen molar-refractivity contribution < 1.29 is 4.42 Å². The molecule has 12 heavy (non-hydrogen) atoms. The molecule has 0 bridgehead atoms. The van der Waals surface area contributed by atoms with Gasteiger partial charge in [0.2, 0.25) is 0 Å². The van der Waals surface area contributed by atoms with Crippen LogP contribution in [0.1, 0.15) is 35.8 Å². The van der Waals surface area contributed by atoms with E-state index in [0.717, 1.165) is 17.6 Å². The lowest BCUT2D eigenvalue weighted by Crippen LogP contribution is -2.16. The first-order valence-corrected chi connectivity index (χ1v) is 5.19. The van der Waals surface area contributed by atoms with Gasteiger partial charge in [-0.3, -0.25) is 0 Å². The molecule has 1 aromatic rings. The van der Waals surface area contributed by atoms with E-state index in [4.69, 9.17) is 4.42 Å². The highest BCUT2D eigenvalue weighted by Gasteiger charge is 2.33. The lowest BCUT2D eigenvalue weighted by molar-refractivity contribution is 0.407. The monoisotopic (exact) mass is 227 g/mol. The summed E-state index contributed by atoms with van der Waals surface area (Å²) in [6, 6.07) is 0.582. The normalized spacial score (nSPS) is 25.9. The van der Waals surface area contributed by atoms with Gasteiger partial charge < -0.3 is 9.73 Å². The van der Waals surface area contributed by atoms with Gasteiger partial charge in [0, 0.05) is 30.1 Å². The second kappa shape index (κ2) is 2.36. The fraction of sp³-hybridized carbons (Fsp3) is 0.556. The minimum Gasteiger partial charge on any atom is -0.454 e. The molecule has 1 aromatic heterocycles. The van der Waals surface area contributed by atoms with E-state index in [2.05, 4.69) is 21.2 Å². The molecular formula is C9H10BrNO. The largest absolute Gasteiger partial charge is 0.454 e. The maximum Gasteiger partial charge on any atom is 0.174 e. The summed E-state index contributed by atoms with van der Waals surface area (Å²) in [7, 11) is 0. The van der Waals surface area contributed by atoms with Gasteiger partial charge in [0.15, 0.2) is 4.67 Å². The van der Waals surface area contributed by atoms with Crippen molar-refractivity contribution >= 4 is 15.9 Å². The summed E-state index contributed by atoms with van der Waals surface area (Å²) < 4.78 is 6.58. The molecule has 0 saturated carbocycles. The molecule has 0 saturated heterocycles. The highest BCUT2D eigenvalue weighted by atomic mass is 79.9. The van der Waals surface area contributed by atoms with Gasteiger partial charge >= 0.3 is 0 Å². The van der Waals surface area contributed by atoms with E-state index in [-0.39, 0.29) is 0 Å². The molecule has 0 amide bonds.